The molecule has 7 nitrogen and oxygen atoms in total. The number of hydrogen-bond donors (Lipinski definition) is 1. The number of aliphatic hydroxyl groups is 1. The zero-order valence-corrected chi connectivity index (χ0v) is 22.6. The second-order valence-electron chi connectivity index (χ2n) is 9.82. The second-order valence-corrected chi connectivity index (χ2v) is 9.82. The lowest BCUT2D eigenvalue weighted by Gasteiger charge is -2.27. The summed E-state index contributed by atoms with van der Waals surface area (Å²) < 4.78 is 11.4. The van der Waals surface area contributed by atoms with Crippen LogP contribution in [0, 0.1) is 6.92 Å². The monoisotopic (exact) mass is 526 g/mol. The zero-order chi connectivity index (χ0) is 27.5. The molecule has 5 rings (SSSR count). The number of ketones is 1. The molecule has 0 radical (unpaired) electrons. The van der Waals surface area contributed by atoms with Gasteiger partial charge < -0.3 is 19.5 Å². The fourth-order valence-electron chi connectivity index (χ4n) is 5.43. The standard InChI is InChI=1S/C32H34N2O5/c1-4-38-25-15-16-26(27(20-25)39-5-2)30(35)28-29(22-10-8-9-21(3)19-22)34(32(37)31(28)36)24-13-11-23(12-14-24)33-17-6-7-18-33/h8-16,19-20,29,35H,4-7,17-18H2,1-3H3/b30-28-. The number of carbonyl (C=O) groups is 2. The van der Waals surface area contributed by atoms with Crippen LogP contribution in [0.25, 0.3) is 5.76 Å². The summed E-state index contributed by atoms with van der Waals surface area (Å²) in [4.78, 5) is 31.0. The first-order valence-corrected chi connectivity index (χ1v) is 13.6. The van der Waals surface area contributed by atoms with Crippen molar-refractivity contribution in [2.45, 2.75) is 39.7 Å². The van der Waals surface area contributed by atoms with Gasteiger partial charge in [-0.15, -0.1) is 0 Å². The molecule has 2 fully saturated rings. The van der Waals surface area contributed by atoms with E-state index in [-0.39, 0.29) is 11.3 Å². The van der Waals surface area contributed by atoms with Crippen molar-refractivity contribution in [1.82, 2.24) is 0 Å². The molecule has 0 aliphatic carbocycles. The SMILES string of the molecule is CCOc1ccc(/C(O)=C2/C(=O)C(=O)N(c3ccc(N4CCCC4)cc3)C2c2cccc(C)c2)c(OCC)c1. The number of carbonyl (C=O) groups excluding carboxylic acids is 2. The van der Waals surface area contributed by atoms with Crippen molar-refractivity contribution in [1.29, 1.82) is 0 Å². The summed E-state index contributed by atoms with van der Waals surface area (Å²) in [5.41, 5.74) is 3.78. The summed E-state index contributed by atoms with van der Waals surface area (Å²) in [6.07, 6.45) is 2.33. The van der Waals surface area contributed by atoms with E-state index in [2.05, 4.69) is 4.90 Å². The van der Waals surface area contributed by atoms with Gasteiger partial charge in [-0.25, -0.2) is 0 Å². The molecule has 0 saturated carbocycles. The molecule has 1 atom stereocenters. The molecule has 0 bridgehead atoms. The molecule has 2 heterocycles. The van der Waals surface area contributed by atoms with Gasteiger partial charge in [-0.1, -0.05) is 29.8 Å². The molecule has 39 heavy (non-hydrogen) atoms. The van der Waals surface area contributed by atoms with Crippen LogP contribution in [0.2, 0.25) is 0 Å². The van der Waals surface area contributed by atoms with Gasteiger partial charge in [0.05, 0.1) is 30.4 Å². The van der Waals surface area contributed by atoms with Crippen molar-refractivity contribution in [3.05, 3.63) is 89.0 Å². The van der Waals surface area contributed by atoms with Gasteiger partial charge in [0.25, 0.3) is 11.7 Å². The molecule has 2 aliphatic heterocycles. The van der Waals surface area contributed by atoms with Crippen molar-refractivity contribution >= 4 is 28.8 Å². The maximum atomic E-state index is 13.6. The van der Waals surface area contributed by atoms with Crippen LogP contribution in [0.1, 0.15) is 49.4 Å². The zero-order valence-electron chi connectivity index (χ0n) is 22.6. The highest BCUT2D eigenvalue weighted by Crippen LogP contribution is 2.44. The number of aliphatic hydroxyl groups excluding tert-OH is 1. The quantitative estimate of drug-likeness (QED) is 0.220. The molecule has 0 aromatic heterocycles. The summed E-state index contributed by atoms with van der Waals surface area (Å²) in [6, 6.07) is 19.7. The molecular weight excluding hydrogens is 492 g/mol. The number of aryl methyl sites for hydroxylation is 1. The van der Waals surface area contributed by atoms with E-state index >= 15 is 0 Å². The fraction of sp³-hybridized carbons (Fsp3) is 0.312. The number of Topliss-reactive ketones (excluding diaryl/α,β-unsaturated/α-hetero) is 1. The average Bonchev–Trinajstić information content (AvgIpc) is 3.56. The topological polar surface area (TPSA) is 79.3 Å². The van der Waals surface area contributed by atoms with Crippen molar-refractivity contribution in [3.8, 4) is 11.5 Å². The Balaban J connectivity index is 1.64. The predicted molar refractivity (Wildman–Crippen MR) is 153 cm³/mol. The van der Waals surface area contributed by atoms with Crippen molar-refractivity contribution in [2.75, 3.05) is 36.1 Å². The van der Waals surface area contributed by atoms with E-state index in [4.69, 9.17) is 9.47 Å². The van der Waals surface area contributed by atoms with Crippen molar-refractivity contribution in [2.24, 2.45) is 0 Å². The third kappa shape index (κ3) is 5.09. The fourth-order valence-corrected chi connectivity index (χ4v) is 5.43. The molecule has 7 heteroatoms. The van der Waals surface area contributed by atoms with E-state index in [1.54, 1.807) is 18.2 Å². The lowest BCUT2D eigenvalue weighted by molar-refractivity contribution is -0.132. The molecule has 1 unspecified atom stereocenters. The summed E-state index contributed by atoms with van der Waals surface area (Å²) in [7, 11) is 0. The minimum Gasteiger partial charge on any atom is -0.507 e. The summed E-state index contributed by atoms with van der Waals surface area (Å²) in [5.74, 6) is -0.723. The Morgan fingerprint density at radius 3 is 2.26 bits per heavy atom. The molecule has 2 aliphatic rings. The maximum absolute atomic E-state index is 13.6. The number of hydrogen-bond acceptors (Lipinski definition) is 6. The average molecular weight is 527 g/mol. The minimum atomic E-state index is -0.802. The van der Waals surface area contributed by atoms with Crippen LogP contribution in [0.4, 0.5) is 11.4 Å². The van der Waals surface area contributed by atoms with Gasteiger partial charge in [0, 0.05) is 30.5 Å². The Bertz CT molecular complexity index is 1410. The number of benzene rings is 3. The van der Waals surface area contributed by atoms with E-state index in [0.717, 1.165) is 29.9 Å². The van der Waals surface area contributed by atoms with Crippen molar-refractivity contribution < 1.29 is 24.2 Å². The predicted octanol–water partition coefficient (Wildman–Crippen LogP) is 6.02. The van der Waals surface area contributed by atoms with Gasteiger partial charge >= 0.3 is 0 Å². The van der Waals surface area contributed by atoms with Crippen LogP contribution in [0.5, 0.6) is 11.5 Å². The lowest BCUT2D eigenvalue weighted by Crippen LogP contribution is -2.29. The van der Waals surface area contributed by atoms with E-state index in [9.17, 15) is 14.7 Å². The number of amides is 1. The van der Waals surface area contributed by atoms with Crippen LogP contribution >= 0.6 is 0 Å². The molecule has 2 saturated heterocycles. The summed E-state index contributed by atoms with van der Waals surface area (Å²) in [5, 5.41) is 11.6. The van der Waals surface area contributed by atoms with Crippen molar-refractivity contribution in [3.63, 3.8) is 0 Å². The summed E-state index contributed by atoms with van der Waals surface area (Å²) >= 11 is 0. The smallest absolute Gasteiger partial charge is 0.300 e. The molecule has 3 aromatic carbocycles. The number of ether oxygens (including phenoxy) is 2. The van der Waals surface area contributed by atoms with Crippen LogP contribution < -0.4 is 19.3 Å². The van der Waals surface area contributed by atoms with E-state index in [1.807, 2.05) is 69.3 Å². The Hall–Kier alpha value is -4.26. The molecule has 202 valence electrons. The first-order chi connectivity index (χ1) is 18.9. The van der Waals surface area contributed by atoms with Crippen LogP contribution in [0.3, 0.4) is 0 Å². The summed E-state index contributed by atoms with van der Waals surface area (Å²) in [6.45, 7) is 8.54. The second kappa shape index (κ2) is 11.2. The van der Waals surface area contributed by atoms with E-state index in [0.29, 0.717) is 36.0 Å². The number of rotatable bonds is 8. The van der Waals surface area contributed by atoms with Gasteiger partial charge in [-0.2, -0.15) is 0 Å². The first-order valence-electron chi connectivity index (χ1n) is 13.6. The normalized spacial score (nSPS) is 18.6. The number of nitrogens with zero attached hydrogens (tertiary/aromatic N) is 2. The van der Waals surface area contributed by atoms with Gasteiger partial charge in [-0.05, 0) is 75.6 Å². The van der Waals surface area contributed by atoms with Crippen LogP contribution in [-0.2, 0) is 9.59 Å². The third-order valence-corrected chi connectivity index (χ3v) is 7.22. The van der Waals surface area contributed by atoms with Crippen LogP contribution in [0.15, 0.2) is 72.3 Å². The van der Waals surface area contributed by atoms with E-state index < -0.39 is 17.7 Å². The van der Waals surface area contributed by atoms with Gasteiger partial charge in [0.2, 0.25) is 0 Å². The number of anilines is 2. The first kappa shape index (κ1) is 26.4. The largest absolute Gasteiger partial charge is 0.507 e. The highest BCUT2D eigenvalue weighted by atomic mass is 16.5. The van der Waals surface area contributed by atoms with Gasteiger partial charge in [0.1, 0.15) is 17.3 Å². The molecule has 3 aromatic rings. The van der Waals surface area contributed by atoms with Crippen LogP contribution in [-0.4, -0.2) is 43.1 Å². The highest BCUT2D eigenvalue weighted by Gasteiger charge is 2.47. The lowest BCUT2D eigenvalue weighted by atomic mass is 9.94. The Kier molecular flexibility index (Phi) is 7.59. The maximum Gasteiger partial charge on any atom is 0.300 e. The Labute approximate surface area is 229 Å². The van der Waals surface area contributed by atoms with Gasteiger partial charge in [-0.3, -0.25) is 14.5 Å². The molecular formula is C32H34N2O5. The Morgan fingerprint density at radius 2 is 1.59 bits per heavy atom. The highest BCUT2D eigenvalue weighted by molar-refractivity contribution is 6.51. The molecule has 0 spiro atoms. The third-order valence-electron chi connectivity index (χ3n) is 7.22. The van der Waals surface area contributed by atoms with E-state index in [1.165, 1.54) is 17.7 Å². The molecule has 1 amide bonds. The minimum absolute atomic E-state index is 0.0272. The Morgan fingerprint density at radius 1 is 0.897 bits per heavy atom. The molecule has 1 N–H and O–H groups in total. The van der Waals surface area contributed by atoms with Gasteiger partial charge in [0.15, 0.2) is 0 Å².